The summed E-state index contributed by atoms with van der Waals surface area (Å²) in [4.78, 5) is 41.2. The fraction of sp³-hybridized carbons (Fsp3) is 0.304. The first kappa shape index (κ1) is 24.6. The van der Waals surface area contributed by atoms with Gasteiger partial charge in [0.2, 0.25) is 5.91 Å². The Morgan fingerprint density at radius 3 is 2.63 bits per heavy atom. The summed E-state index contributed by atoms with van der Waals surface area (Å²) in [7, 11) is 1.54. The average Bonchev–Trinajstić information content (AvgIpc) is 3.63. The van der Waals surface area contributed by atoms with Crippen molar-refractivity contribution in [3.63, 3.8) is 0 Å². The van der Waals surface area contributed by atoms with E-state index < -0.39 is 17.9 Å². The molecule has 1 aliphatic heterocycles. The van der Waals surface area contributed by atoms with Crippen molar-refractivity contribution in [2.45, 2.75) is 25.0 Å². The fourth-order valence-electron chi connectivity index (χ4n) is 3.80. The molecule has 184 valence electrons. The van der Waals surface area contributed by atoms with E-state index in [1.165, 1.54) is 23.3 Å². The van der Waals surface area contributed by atoms with Crippen LogP contribution >= 0.6 is 22.9 Å². The van der Waals surface area contributed by atoms with Crippen molar-refractivity contribution in [1.82, 2.24) is 9.69 Å². The van der Waals surface area contributed by atoms with E-state index in [9.17, 15) is 14.4 Å². The second kappa shape index (κ2) is 10.8. The van der Waals surface area contributed by atoms with Crippen molar-refractivity contribution in [2.24, 2.45) is 5.73 Å². The van der Waals surface area contributed by atoms with Gasteiger partial charge in [-0.2, -0.15) is 4.37 Å². The highest BCUT2D eigenvalue weighted by atomic mass is 32.1. The zero-order valence-electron chi connectivity index (χ0n) is 18.9. The monoisotopic (exact) mass is 515 g/mol. The van der Waals surface area contributed by atoms with E-state index in [1.54, 1.807) is 30.3 Å². The number of methoxy groups -OCH3 is 1. The summed E-state index contributed by atoms with van der Waals surface area (Å²) in [5.41, 5.74) is 11.6. The van der Waals surface area contributed by atoms with Gasteiger partial charge in [-0.25, -0.2) is 0 Å². The molecule has 0 radical (unpaired) electrons. The van der Waals surface area contributed by atoms with Crippen LogP contribution in [0.1, 0.15) is 43.9 Å². The van der Waals surface area contributed by atoms with E-state index in [4.69, 9.17) is 20.9 Å². The van der Waals surface area contributed by atoms with Gasteiger partial charge in [0.25, 0.3) is 11.8 Å². The minimum atomic E-state index is -1.00. The molecule has 3 aromatic rings. The summed E-state index contributed by atoms with van der Waals surface area (Å²) >= 11 is 2.11. The molecule has 0 spiro atoms. The number of nitrogens with one attached hydrogen (secondary N) is 1. The minimum absolute atomic E-state index is 0.0168. The number of amides is 3. The minimum Gasteiger partial charge on any atom is -0.497 e. The molecule has 2 aromatic heterocycles. The van der Waals surface area contributed by atoms with Gasteiger partial charge < -0.3 is 26.3 Å². The van der Waals surface area contributed by atoms with Crippen LogP contribution in [0.5, 0.6) is 5.75 Å². The van der Waals surface area contributed by atoms with Gasteiger partial charge in [0.05, 0.1) is 18.9 Å². The predicted molar refractivity (Wildman–Crippen MR) is 134 cm³/mol. The summed E-state index contributed by atoms with van der Waals surface area (Å²) < 4.78 is 14.8. The van der Waals surface area contributed by atoms with Crippen molar-refractivity contribution < 1.29 is 23.9 Å². The topological polar surface area (TPSA) is 150 Å². The molecular formula is C23H25N5O5S2. The number of hydrogen-bond acceptors (Lipinski definition) is 9. The Morgan fingerprint density at radius 1 is 1.29 bits per heavy atom. The first-order chi connectivity index (χ1) is 16.9. The molecule has 1 aromatic carbocycles. The van der Waals surface area contributed by atoms with E-state index in [2.05, 4.69) is 9.69 Å². The summed E-state index contributed by atoms with van der Waals surface area (Å²) in [6.45, 7) is 0.998. The predicted octanol–water partition coefficient (Wildman–Crippen LogP) is 2.58. The van der Waals surface area contributed by atoms with Crippen LogP contribution < -0.4 is 26.4 Å². The molecule has 12 heteroatoms. The molecular weight excluding hydrogens is 490 g/mol. The molecule has 5 N–H and O–H groups in total. The fourth-order valence-corrected chi connectivity index (χ4v) is 5.36. The Labute approximate surface area is 210 Å². The van der Waals surface area contributed by atoms with Gasteiger partial charge in [-0.05, 0) is 60.1 Å². The van der Waals surface area contributed by atoms with Crippen LogP contribution in [0.15, 0.2) is 41.8 Å². The van der Waals surface area contributed by atoms with Crippen molar-refractivity contribution >= 4 is 52.0 Å². The SMILES string of the molecule is COc1ccc(N(C(=O)c2snc(C(N)=O)c2N)C(C(=O)NCC2CCCO2)c2cccs2)cc1. The van der Waals surface area contributed by atoms with Crippen LogP contribution in [-0.2, 0) is 9.53 Å². The summed E-state index contributed by atoms with van der Waals surface area (Å²) in [6, 6.07) is 9.33. The van der Waals surface area contributed by atoms with E-state index in [0.717, 1.165) is 24.4 Å². The van der Waals surface area contributed by atoms with Gasteiger partial charge in [0.1, 0.15) is 10.6 Å². The van der Waals surface area contributed by atoms with Crippen LogP contribution in [0.4, 0.5) is 11.4 Å². The van der Waals surface area contributed by atoms with Crippen molar-refractivity contribution in [1.29, 1.82) is 0 Å². The number of nitrogen functional groups attached to an aromatic ring is 1. The summed E-state index contributed by atoms with van der Waals surface area (Å²) in [5.74, 6) is -1.20. The van der Waals surface area contributed by atoms with Crippen LogP contribution in [0, 0.1) is 0 Å². The Hall–Kier alpha value is -3.48. The molecule has 3 heterocycles. The molecule has 1 aliphatic rings. The molecule has 3 amide bonds. The number of anilines is 2. The van der Waals surface area contributed by atoms with E-state index in [1.807, 2.05) is 11.4 Å². The molecule has 2 unspecified atom stereocenters. The first-order valence-corrected chi connectivity index (χ1v) is 12.5. The quantitative estimate of drug-likeness (QED) is 0.396. The molecule has 2 atom stereocenters. The van der Waals surface area contributed by atoms with Crippen LogP contribution in [0.3, 0.4) is 0 Å². The van der Waals surface area contributed by atoms with Crippen molar-refractivity contribution in [3.8, 4) is 5.75 Å². The van der Waals surface area contributed by atoms with Gasteiger partial charge in [0, 0.05) is 23.7 Å². The lowest BCUT2D eigenvalue weighted by Gasteiger charge is -2.30. The molecule has 35 heavy (non-hydrogen) atoms. The van der Waals surface area contributed by atoms with E-state index >= 15 is 0 Å². The molecule has 1 saturated heterocycles. The molecule has 1 fully saturated rings. The maximum atomic E-state index is 13.9. The van der Waals surface area contributed by atoms with E-state index in [0.29, 0.717) is 29.5 Å². The zero-order valence-corrected chi connectivity index (χ0v) is 20.6. The number of primary amides is 1. The molecule has 0 bridgehead atoms. The van der Waals surface area contributed by atoms with Gasteiger partial charge in [-0.1, -0.05) is 6.07 Å². The maximum absolute atomic E-state index is 13.9. The standard InChI is InChI=1S/C23H25N5O5S2/c1-32-14-8-6-13(7-9-14)28(23(31)20-17(24)18(21(25)29)27-35-20)19(16-5-3-11-34-16)22(30)26-12-15-4-2-10-33-15/h3,5-9,11,15,19H,2,4,10,12,24H2,1H3,(H2,25,29)(H,26,30). The van der Waals surface area contributed by atoms with Crippen LogP contribution in [0.2, 0.25) is 0 Å². The third-order valence-corrected chi connectivity index (χ3v) is 7.35. The molecule has 0 saturated carbocycles. The van der Waals surface area contributed by atoms with Gasteiger partial charge in [-0.3, -0.25) is 19.3 Å². The largest absolute Gasteiger partial charge is 0.497 e. The number of rotatable bonds is 9. The van der Waals surface area contributed by atoms with Crippen molar-refractivity contribution in [2.75, 3.05) is 30.9 Å². The van der Waals surface area contributed by atoms with E-state index in [-0.39, 0.29) is 28.3 Å². The molecule has 10 nitrogen and oxygen atoms in total. The summed E-state index contributed by atoms with van der Waals surface area (Å²) in [5, 5.41) is 4.77. The maximum Gasteiger partial charge on any atom is 0.273 e. The molecule has 4 rings (SSSR count). The van der Waals surface area contributed by atoms with Gasteiger partial charge in [0.15, 0.2) is 11.7 Å². The number of benzene rings is 1. The van der Waals surface area contributed by atoms with Crippen molar-refractivity contribution in [3.05, 3.63) is 57.2 Å². The van der Waals surface area contributed by atoms with Gasteiger partial charge >= 0.3 is 0 Å². The number of carbonyl (C=O) groups excluding carboxylic acids is 3. The average molecular weight is 516 g/mol. The number of hydrogen-bond donors (Lipinski definition) is 3. The lowest BCUT2D eigenvalue weighted by atomic mass is 10.1. The Kier molecular flexibility index (Phi) is 7.63. The number of ether oxygens (including phenoxy) is 2. The highest BCUT2D eigenvalue weighted by molar-refractivity contribution is 7.10. The smallest absolute Gasteiger partial charge is 0.273 e. The van der Waals surface area contributed by atoms with Gasteiger partial charge in [-0.15, -0.1) is 11.3 Å². The second-order valence-corrected chi connectivity index (χ2v) is 9.56. The summed E-state index contributed by atoms with van der Waals surface area (Å²) in [6.07, 6.45) is 1.74. The Balaban J connectivity index is 1.76. The first-order valence-electron chi connectivity index (χ1n) is 10.9. The third kappa shape index (κ3) is 5.29. The third-order valence-electron chi connectivity index (χ3n) is 5.57. The lowest BCUT2D eigenvalue weighted by Crippen LogP contribution is -2.45. The zero-order chi connectivity index (χ0) is 24.9. The molecule has 0 aliphatic carbocycles. The lowest BCUT2D eigenvalue weighted by molar-refractivity contribution is -0.122. The number of carbonyl (C=O) groups is 3. The second-order valence-electron chi connectivity index (χ2n) is 7.81. The van der Waals surface area contributed by atoms with Crippen LogP contribution in [0.25, 0.3) is 0 Å². The Morgan fingerprint density at radius 2 is 2.06 bits per heavy atom. The normalized spacial score (nSPS) is 16.0. The number of aromatic nitrogens is 1. The number of thiophene rings is 1. The van der Waals surface area contributed by atoms with Crippen LogP contribution in [-0.4, -0.2) is 48.5 Å². The number of nitrogens with two attached hydrogens (primary N) is 2. The number of nitrogens with zero attached hydrogens (tertiary/aromatic N) is 2. The highest BCUT2D eigenvalue weighted by Crippen LogP contribution is 2.35. The Bertz CT molecular complexity index is 1190. The highest BCUT2D eigenvalue weighted by Gasteiger charge is 2.37.